The molecule has 0 heterocycles. The quantitative estimate of drug-likeness (QED) is 0.442. The van der Waals surface area contributed by atoms with E-state index >= 15 is 0 Å². The van der Waals surface area contributed by atoms with Crippen molar-refractivity contribution in [2.75, 3.05) is 6.61 Å². The topological polar surface area (TPSA) is 9.23 Å². The van der Waals surface area contributed by atoms with Crippen LogP contribution in [0.3, 0.4) is 0 Å². The van der Waals surface area contributed by atoms with Crippen LogP contribution < -0.4 is 4.74 Å². The Morgan fingerprint density at radius 1 is 1.00 bits per heavy atom. The molecule has 0 radical (unpaired) electrons. The summed E-state index contributed by atoms with van der Waals surface area (Å²) in [7, 11) is 0. The third-order valence-electron chi connectivity index (χ3n) is 7.00. The van der Waals surface area contributed by atoms with E-state index in [1.54, 1.807) is 6.07 Å². The molecule has 0 N–H and O–H groups in total. The molecule has 3 rings (SSSR count). The fraction of sp³-hybridized carbons (Fsp3) is 0.680. The first-order valence-electron chi connectivity index (χ1n) is 11.4. The number of rotatable bonds is 7. The standard InChI is InChI=1S/C25H36ClFO/c1-3-5-18-6-11-20(12-7-18)21-13-8-19(9-14-21)10-15-22-16-17-23(28-4-2)25(27)24(22)26/h10,15-21H,3-9,11-14H2,1-2H3/t18-,19-,20-,21-. The van der Waals surface area contributed by atoms with E-state index in [1.807, 2.05) is 19.1 Å². The van der Waals surface area contributed by atoms with Gasteiger partial charge in [0.2, 0.25) is 0 Å². The molecule has 1 nitrogen and oxygen atoms in total. The molecule has 0 aromatic heterocycles. The lowest BCUT2D eigenvalue weighted by Crippen LogP contribution is -2.25. The van der Waals surface area contributed by atoms with Crippen molar-refractivity contribution >= 4 is 17.7 Å². The van der Waals surface area contributed by atoms with Crippen LogP contribution in [-0.2, 0) is 0 Å². The maximum Gasteiger partial charge on any atom is 0.184 e. The van der Waals surface area contributed by atoms with Gasteiger partial charge in [0.1, 0.15) is 0 Å². The van der Waals surface area contributed by atoms with Crippen molar-refractivity contribution in [1.82, 2.24) is 0 Å². The Labute approximate surface area is 175 Å². The van der Waals surface area contributed by atoms with Crippen molar-refractivity contribution < 1.29 is 9.13 Å². The summed E-state index contributed by atoms with van der Waals surface area (Å²) in [4.78, 5) is 0. The van der Waals surface area contributed by atoms with Crippen molar-refractivity contribution in [2.24, 2.45) is 23.7 Å². The molecule has 2 aliphatic rings. The first-order valence-corrected chi connectivity index (χ1v) is 11.8. The van der Waals surface area contributed by atoms with Crippen LogP contribution in [0.5, 0.6) is 5.75 Å². The van der Waals surface area contributed by atoms with E-state index < -0.39 is 5.82 Å². The highest BCUT2D eigenvalue weighted by Crippen LogP contribution is 2.42. The molecule has 0 bridgehead atoms. The molecular weight excluding hydrogens is 371 g/mol. The smallest absolute Gasteiger partial charge is 0.184 e. The largest absolute Gasteiger partial charge is 0.491 e. The third kappa shape index (κ3) is 5.53. The molecule has 0 spiro atoms. The molecule has 28 heavy (non-hydrogen) atoms. The lowest BCUT2D eigenvalue weighted by molar-refractivity contribution is 0.152. The second kappa shape index (κ2) is 10.7. The Bertz CT molecular complexity index is 640. The van der Waals surface area contributed by atoms with E-state index in [4.69, 9.17) is 16.3 Å². The molecule has 0 aliphatic heterocycles. The summed E-state index contributed by atoms with van der Waals surface area (Å²) in [6, 6.07) is 3.53. The highest BCUT2D eigenvalue weighted by atomic mass is 35.5. The SMILES string of the molecule is CCC[C@H]1CC[C@H]([C@H]2CC[C@H](C=Cc3ccc(OCC)c(F)c3Cl)CC2)CC1. The highest BCUT2D eigenvalue weighted by Gasteiger charge is 2.30. The van der Waals surface area contributed by atoms with Gasteiger partial charge >= 0.3 is 0 Å². The Morgan fingerprint density at radius 3 is 2.25 bits per heavy atom. The van der Waals surface area contributed by atoms with Crippen molar-refractivity contribution in [1.29, 1.82) is 0 Å². The normalized spacial score (nSPS) is 28.6. The summed E-state index contributed by atoms with van der Waals surface area (Å²) in [6.07, 6.45) is 18.1. The predicted octanol–water partition coefficient (Wildman–Crippen LogP) is 8.30. The van der Waals surface area contributed by atoms with Gasteiger partial charge in [-0.15, -0.1) is 0 Å². The van der Waals surface area contributed by atoms with Crippen LogP contribution in [0.1, 0.15) is 83.6 Å². The molecule has 2 saturated carbocycles. The number of ether oxygens (including phenoxy) is 1. The maximum atomic E-state index is 14.3. The average molecular weight is 407 g/mol. The number of halogens is 2. The van der Waals surface area contributed by atoms with Gasteiger partial charge in [-0.1, -0.05) is 56.4 Å². The second-order valence-electron chi connectivity index (χ2n) is 8.82. The fourth-order valence-corrected chi connectivity index (χ4v) is 5.57. The van der Waals surface area contributed by atoms with Crippen molar-refractivity contribution in [3.05, 3.63) is 34.6 Å². The Kier molecular flexibility index (Phi) is 8.26. The third-order valence-corrected chi connectivity index (χ3v) is 7.38. The zero-order chi connectivity index (χ0) is 19.9. The minimum Gasteiger partial charge on any atom is -0.491 e. The minimum absolute atomic E-state index is 0.166. The maximum absolute atomic E-state index is 14.3. The molecule has 156 valence electrons. The monoisotopic (exact) mass is 406 g/mol. The fourth-order valence-electron chi connectivity index (χ4n) is 5.35. The molecule has 0 amide bonds. The van der Waals surface area contributed by atoms with Gasteiger partial charge in [-0.2, -0.15) is 0 Å². The molecule has 0 unspecified atom stereocenters. The zero-order valence-corrected chi connectivity index (χ0v) is 18.3. The summed E-state index contributed by atoms with van der Waals surface area (Å²) < 4.78 is 19.5. The average Bonchev–Trinajstić information content (AvgIpc) is 2.72. The van der Waals surface area contributed by atoms with Crippen molar-refractivity contribution in [3.63, 3.8) is 0 Å². The van der Waals surface area contributed by atoms with Crippen LogP contribution in [0.15, 0.2) is 18.2 Å². The Morgan fingerprint density at radius 2 is 1.64 bits per heavy atom. The molecular formula is C25H36ClFO. The number of hydrogen-bond donors (Lipinski definition) is 0. The van der Waals surface area contributed by atoms with Crippen LogP contribution in [0, 0.1) is 29.5 Å². The van der Waals surface area contributed by atoms with Gasteiger partial charge in [-0.05, 0) is 86.8 Å². The van der Waals surface area contributed by atoms with Gasteiger partial charge in [-0.3, -0.25) is 0 Å². The Balaban J connectivity index is 1.49. The number of benzene rings is 1. The lowest BCUT2D eigenvalue weighted by Gasteiger charge is -2.37. The van der Waals surface area contributed by atoms with Gasteiger partial charge < -0.3 is 4.74 Å². The molecule has 3 heteroatoms. The summed E-state index contributed by atoms with van der Waals surface area (Å²) in [5.41, 5.74) is 0.749. The van der Waals surface area contributed by atoms with Gasteiger partial charge in [0.05, 0.1) is 11.6 Å². The van der Waals surface area contributed by atoms with E-state index in [2.05, 4.69) is 13.0 Å². The highest BCUT2D eigenvalue weighted by molar-refractivity contribution is 6.32. The molecule has 2 fully saturated rings. The first-order chi connectivity index (χ1) is 13.6. The minimum atomic E-state index is -0.451. The van der Waals surface area contributed by atoms with Crippen LogP contribution >= 0.6 is 11.6 Å². The molecule has 1 aromatic rings. The van der Waals surface area contributed by atoms with Crippen LogP contribution in [0.2, 0.25) is 5.02 Å². The molecule has 2 aliphatic carbocycles. The van der Waals surface area contributed by atoms with E-state index in [1.165, 1.54) is 64.2 Å². The molecule has 1 aromatic carbocycles. The van der Waals surface area contributed by atoms with Crippen LogP contribution in [0.25, 0.3) is 6.08 Å². The first kappa shape index (κ1) is 21.7. The number of hydrogen-bond acceptors (Lipinski definition) is 1. The van der Waals surface area contributed by atoms with E-state index in [-0.39, 0.29) is 10.8 Å². The summed E-state index contributed by atoms with van der Waals surface area (Å²) in [5.74, 6) is 3.27. The summed E-state index contributed by atoms with van der Waals surface area (Å²) in [5, 5.41) is 0.166. The van der Waals surface area contributed by atoms with Crippen LogP contribution in [0.4, 0.5) is 4.39 Å². The van der Waals surface area contributed by atoms with Gasteiger partial charge in [-0.25, -0.2) is 4.39 Å². The van der Waals surface area contributed by atoms with E-state index in [9.17, 15) is 4.39 Å². The summed E-state index contributed by atoms with van der Waals surface area (Å²) in [6.45, 7) is 4.59. The number of allylic oxidation sites excluding steroid dienone is 1. The van der Waals surface area contributed by atoms with Crippen LogP contribution in [-0.4, -0.2) is 6.61 Å². The predicted molar refractivity (Wildman–Crippen MR) is 117 cm³/mol. The molecule has 0 atom stereocenters. The Hall–Kier alpha value is -1.02. The molecule has 0 saturated heterocycles. The van der Waals surface area contributed by atoms with Gasteiger partial charge in [0.15, 0.2) is 11.6 Å². The summed E-state index contributed by atoms with van der Waals surface area (Å²) >= 11 is 6.20. The van der Waals surface area contributed by atoms with Crippen molar-refractivity contribution in [3.8, 4) is 5.75 Å². The van der Waals surface area contributed by atoms with E-state index in [0.717, 1.165) is 23.3 Å². The second-order valence-corrected chi connectivity index (χ2v) is 9.20. The van der Waals surface area contributed by atoms with E-state index in [0.29, 0.717) is 12.5 Å². The zero-order valence-electron chi connectivity index (χ0n) is 17.6. The lowest BCUT2D eigenvalue weighted by atomic mass is 9.68. The van der Waals surface area contributed by atoms with Gasteiger partial charge in [0, 0.05) is 0 Å². The van der Waals surface area contributed by atoms with Gasteiger partial charge in [0.25, 0.3) is 0 Å². The van der Waals surface area contributed by atoms with Crippen molar-refractivity contribution in [2.45, 2.75) is 78.1 Å².